The molecular weight excluding hydrogens is 360 g/mol. The van der Waals surface area contributed by atoms with Crippen molar-refractivity contribution < 1.29 is 13.2 Å². The summed E-state index contributed by atoms with van der Waals surface area (Å²) in [5, 5.41) is -0.0263. The largest absolute Gasteiger partial charge is 0.334 e. The Kier molecular flexibility index (Phi) is 6.01. The third-order valence-electron chi connectivity index (χ3n) is 6.30. The maximum atomic E-state index is 13.2. The molecule has 0 N–H and O–H groups in total. The van der Waals surface area contributed by atoms with Gasteiger partial charge in [0, 0.05) is 37.0 Å². The number of hydrogen-bond acceptors (Lipinski definition) is 3. The molecule has 3 fully saturated rings. The van der Waals surface area contributed by atoms with Crippen LogP contribution in [0.15, 0.2) is 0 Å². The summed E-state index contributed by atoms with van der Waals surface area (Å²) in [6.07, 6.45) is 7.87. The van der Waals surface area contributed by atoms with Gasteiger partial charge in [-0.15, -0.1) is 11.6 Å². The van der Waals surface area contributed by atoms with Gasteiger partial charge in [0.25, 0.3) is 0 Å². The second-order valence-electron chi connectivity index (χ2n) is 8.10. The fourth-order valence-corrected chi connectivity index (χ4v) is 7.85. The van der Waals surface area contributed by atoms with Crippen molar-refractivity contribution in [2.24, 2.45) is 5.92 Å². The van der Waals surface area contributed by atoms with Crippen LogP contribution < -0.4 is 0 Å². The topological polar surface area (TPSA) is 57.7 Å². The molecule has 1 saturated heterocycles. The van der Waals surface area contributed by atoms with E-state index in [1.165, 1.54) is 0 Å². The SMILES string of the molecule is CC(=O)N1C2CCCCC2N(S(=O)(=O)CC2CCCCC2Cl)C[C@@H]1C. The van der Waals surface area contributed by atoms with Crippen molar-refractivity contribution in [3.8, 4) is 0 Å². The third kappa shape index (κ3) is 4.01. The highest BCUT2D eigenvalue weighted by Crippen LogP contribution is 2.36. The highest BCUT2D eigenvalue weighted by molar-refractivity contribution is 7.89. The van der Waals surface area contributed by atoms with Gasteiger partial charge in [-0.3, -0.25) is 4.79 Å². The Morgan fingerprint density at radius 1 is 1.04 bits per heavy atom. The van der Waals surface area contributed by atoms with Crippen molar-refractivity contribution >= 4 is 27.5 Å². The van der Waals surface area contributed by atoms with Gasteiger partial charge in [0.15, 0.2) is 0 Å². The Morgan fingerprint density at radius 3 is 2.28 bits per heavy atom. The van der Waals surface area contributed by atoms with Crippen LogP contribution in [0.25, 0.3) is 0 Å². The molecule has 0 bridgehead atoms. The van der Waals surface area contributed by atoms with E-state index in [0.717, 1.165) is 51.4 Å². The molecule has 0 aromatic carbocycles. The van der Waals surface area contributed by atoms with Crippen LogP contribution in [-0.2, 0) is 14.8 Å². The number of amides is 1. The number of hydrogen-bond donors (Lipinski definition) is 0. The van der Waals surface area contributed by atoms with Crippen molar-refractivity contribution in [3.63, 3.8) is 0 Å². The van der Waals surface area contributed by atoms with Crippen LogP contribution in [0.2, 0.25) is 0 Å². The van der Waals surface area contributed by atoms with E-state index in [9.17, 15) is 13.2 Å². The summed E-state index contributed by atoms with van der Waals surface area (Å²) in [4.78, 5) is 14.1. The molecule has 3 rings (SSSR count). The minimum atomic E-state index is -3.36. The summed E-state index contributed by atoms with van der Waals surface area (Å²) in [7, 11) is -3.36. The smallest absolute Gasteiger partial charge is 0.220 e. The fraction of sp³-hybridized carbons (Fsp3) is 0.944. The van der Waals surface area contributed by atoms with Gasteiger partial charge in [-0.1, -0.05) is 25.7 Å². The molecule has 0 spiro atoms. The molecule has 3 aliphatic rings. The van der Waals surface area contributed by atoms with Crippen molar-refractivity contribution in [1.82, 2.24) is 9.21 Å². The van der Waals surface area contributed by atoms with Gasteiger partial charge < -0.3 is 4.90 Å². The lowest BCUT2D eigenvalue weighted by Crippen LogP contribution is -2.66. The van der Waals surface area contributed by atoms with Gasteiger partial charge in [-0.2, -0.15) is 4.31 Å². The van der Waals surface area contributed by atoms with E-state index in [0.29, 0.717) is 6.54 Å². The quantitative estimate of drug-likeness (QED) is 0.696. The minimum absolute atomic E-state index is 0.0263. The number of fused-ring (bicyclic) bond motifs is 1. The van der Waals surface area contributed by atoms with Gasteiger partial charge in [-0.05, 0) is 38.5 Å². The van der Waals surface area contributed by atoms with E-state index in [4.69, 9.17) is 11.6 Å². The third-order valence-corrected chi connectivity index (χ3v) is 8.86. The Balaban J connectivity index is 1.81. The molecule has 5 atom stereocenters. The van der Waals surface area contributed by atoms with Crippen LogP contribution in [0, 0.1) is 5.92 Å². The van der Waals surface area contributed by atoms with E-state index >= 15 is 0 Å². The lowest BCUT2D eigenvalue weighted by atomic mass is 9.86. The Bertz CT molecular complexity index is 597. The number of alkyl halides is 1. The van der Waals surface area contributed by atoms with Gasteiger partial charge in [0.2, 0.25) is 15.9 Å². The zero-order valence-electron chi connectivity index (χ0n) is 15.4. The average Bonchev–Trinajstić information content (AvgIpc) is 2.55. The Labute approximate surface area is 157 Å². The maximum Gasteiger partial charge on any atom is 0.220 e. The molecule has 0 aromatic heterocycles. The lowest BCUT2D eigenvalue weighted by molar-refractivity contribution is -0.139. The van der Waals surface area contributed by atoms with Crippen LogP contribution >= 0.6 is 11.6 Å². The van der Waals surface area contributed by atoms with Crippen molar-refractivity contribution in [1.29, 1.82) is 0 Å². The molecule has 7 heteroatoms. The van der Waals surface area contributed by atoms with E-state index in [2.05, 4.69) is 0 Å². The summed E-state index contributed by atoms with van der Waals surface area (Å²) < 4.78 is 28.2. The number of sulfonamides is 1. The molecule has 0 radical (unpaired) electrons. The molecule has 25 heavy (non-hydrogen) atoms. The normalized spacial score (nSPS) is 37.6. The average molecular weight is 391 g/mol. The zero-order valence-corrected chi connectivity index (χ0v) is 16.9. The van der Waals surface area contributed by atoms with Gasteiger partial charge >= 0.3 is 0 Å². The van der Waals surface area contributed by atoms with Crippen molar-refractivity contribution in [2.45, 2.75) is 88.7 Å². The summed E-state index contributed by atoms with van der Waals surface area (Å²) >= 11 is 6.42. The lowest BCUT2D eigenvalue weighted by Gasteiger charge is -2.52. The second-order valence-corrected chi connectivity index (χ2v) is 10.6. The van der Waals surface area contributed by atoms with Crippen LogP contribution in [0.4, 0.5) is 0 Å². The van der Waals surface area contributed by atoms with Crippen LogP contribution in [0.5, 0.6) is 0 Å². The van der Waals surface area contributed by atoms with Crippen molar-refractivity contribution in [2.75, 3.05) is 12.3 Å². The van der Waals surface area contributed by atoms with Crippen LogP contribution in [-0.4, -0.2) is 59.3 Å². The Hall–Kier alpha value is -0.330. The van der Waals surface area contributed by atoms with Gasteiger partial charge in [0.05, 0.1) is 5.75 Å². The number of nitrogens with zero attached hydrogens (tertiary/aromatic N) is 2. The van der Waals surface area contributed by atoms with Crippen LogP contribution in [0.3, 0.4) is 0 Å². The first kappa shape index (κ1) is 19.4. The summed E-state index contributed by atoms with van der Waals surface area (Å²) in [5.41, 5.74) is 0. The molecule has 0 aromatic rings. The second kappa shape index (κ2) is 7.73. The summed E-state index contributed by atoms with van der Waals surface area (Å²) in [6, 6.07) is -0.0936. The first-order chi connectivity index (χ1) is 11.8. The van der Waals surface area contributed by atoms with Gasteiger partial charge in [-0.25, -0.2) is 8.42 Å². The first-order valence-corrected chi connectivity index (χ1v) is 11.8. The predicted molar refractivity (Wildman–Crippen MR) is 100 cm³/mol. The monoisotopic (exact) mass is 390 g/mol. The highest BCUT2D eigenvalue weighted by Gasteiger charge is 2.47. The van der Waals surface area contributed by atoms with Gasteiger partial charge in [0.1, 0.15) is 0 Å². The molecule has 1 aliphatic heterocycles. The van der Waals surface area contributed by atoms with Crippen LogP contribution in [0.1, 0.15) is 65.2 Å². The highest BCUT2D eigenvalue weighted by atomic mass is 35.5. The molecule has 2 aliphatic carbocycles. The summed E-state index contributed by atoms with van der Waals surface area (Å²) in [6.45, 7) is 3.99. The molecule has 144 valence electrons. The molecule has 1 heterocycles. The number of rotatable bonds is 3. The first-order valence-electron chi connectivity index (χ1n) is 9.73. The number of halogens is 1. The molecule has 5 nitrogen and oxygen atoms in total. The number of piperazine rings is 1. The van der Waals surface area contributed by atoms with E-state index in [1.54, 1.807) is 11.2 Å². The summed E-state index contributed by atoms with van der Waals surface area (Å²) in [5.74, 6) is 0.287. The number of carbonyl (C=O) groups excluding carboxylic acids is 1. The predicted octanol–water partition coefficient (Wildman–Crippen LogP) is 2.98. The fourth-order valence-electron chi connectivity index (χ4n) is 5.14. The minimum Gasteiger partial charge on any atom is -0.334 e. The van der Waals surface area contributed by atoms with E-state index in [1.807, 2.05) is 11.8 Å². The Morgan fingerprint density at radius 2 is 1.64 bits per heavy atom. The maximum absolute atomic E-state index is 13.2. The van der Waals surface area contributed by atoms with Crippen molar-refractivity contribution in [3.05, 3.63) is 0 Å². The zero-order chi connectivity index (χ0) is 18.2. The molecular formula is C18H31ClN2O3S. The van der Waals surface area contributed by atoms with E-state index in [-0.39, 0.29) is 41.1 Å². The number of carbonyl (C=O) groups is 1. The standard InChI is InChI=1S/C18H31ClN2O3S/c1-13-11-20(17-9-5-6-10-18(17)21(13)14(2)22)25(23,24)12-15-7-3-4-8-16(15)19/h13,15-18H,3-12H2,1-2H3/t13-,15?,16?,17?,18?/m0/s1. The molecule has 1 amide bonds. The molecule has 2 saturated carbocycles. The molecule has 4 unspecified atom stereocenters. The van der Waals surface area contributed by atoms with E-state index < -0.39 is 10.0 Å².